The van der Waals surface area contributed by atoms with Crippen LogP contribution in [-0.2, 0) is 19.6 Å². The molecule has 2 heterocycles. The predicted octanol–water partition coefficient (Wildman–Crippen LogP) is 3.69. The molecule has 1 aromatic heterocycles. The van der Waals surface area contributed by atoms with Crippen LogP contribution in [0.15, 0.2) is 71.9 Å². The number of hydrogen-bond donors (Lipinski definition) is 0. The number of nitrogens with zero attached hydrogens (tertiary/aromatic N) is 5. The van der Waals surface area contributed by atoms with Crippen molar-refractivity contribution in [2.45, 2.75) is 24.7 Å². The van der Waals surface area contributed by atoms with Crippen molar-refractivity contribution in [3.05, 3.63) is 77.1 Å². The maximum absolute atomic E-state index is 13.8. The Morgan fingerprint density at radius 1 is 1.08 bits per heavy atom. The van der Waals surface area contributed by atoms with E-state index in [2.05, 4.69) is 9.97 Å². The van der Waals surface area contributed by atoms with Gasteiger partial charge < -0.3 is 9.64 Å². The number of sulfonamides is 1. The fourth-order valence-corrected chi connectivity index (χ4v) is 5.60. The minimum atomic E-state index is -4.28. The second kappa shape index (κ2) is 10.7. The van der Waals surface area contributed by atoms with Crippen LogP contribution >= 0.6 is 0 Å². The van der Waals surface area contributed by atoms with Gasteiger partial charge in [0.2, 0.25) is 11.6 Å². The zero-order valence-electron chi connectivity index (χ0n) is 19.6. The molecule has 3 aromatic rings. The molecular formula is C24H25N5O6S. The topological polar surface area (TPSA) is 136 Å². The lowest BCUT2D eigenvalue weighted by Crippen LogP contribution is -2.38. The summed E-state index contributed by atoms with van der Waals surface area (Å²) < 4.78 is 33.5. The average Bonchev–Trinajstić information content (AvgIpc) is 2.90. The Labute approximate surface area is 208 Å². The molecule has 0 saturated carbocycles. The van der Waals surface area contributed by atoms with Gasteiger partial charge in [0.25, 0.3) is 10.0 Å². The molecule has 2 aromatic carbocycles. The molecule has 0 N–H and O–H groups in total. The molecule has 188 valence electrons. The average molecular weight is 512 g/mol. The molecular weight excluding hydrogens is 486 g/mol. The zero-order chi connectivity index (χ0) is 25.7. The lowest BCUT2D eigenvalue weighted by Gasteiger charge is -2.32. The van der Waals surface area contributed by atoms with Gasteiger partial charge in [-0.15, -0.1) is 0 Å². The van der Waals surface area contributed by atoms with Crippen molar-refractivity contribution in [1.82, 2.24) is 9.97 Å². The Morgan fingerprint density at radius 2 is 1.69 bits per heavy atom. The quantitative estimate of drug-likeness (QED) is 0.252. The number of carbonyl (C=O) groups is 1. The first kappa shape index (κ1) is 25.0. The molecule has 0 aliphatic carbocycles. The van der Waals surface area contributed by atoms with Gasteiger partial charge in [-0.25, -0.2) is 22.7 Å². The summed E-state index contributed by atoms with van der Waals surface area (Å²) in [6.07, 6.45) is 1.98. The second-order valence-electron chi connectivity index (χ2n) is 8.06. The number of para-hydroxylation sites is 1. The van der Waals surface area contributed by atoms with Crippen molar-refractivity contribution in [3.63, 3.8) is 0 Å². The molecule has 4 rings (SSSR count). The molecule has 0 atom stereocenters. The van der Waals surface area contributed by atoms with E-state index in [0.29, 0.717) is 25.9 Å². The van der Waals surface area contributed by atoms with Gasteiger partial charge in [0.15, 0.2) is 0 Å². The standard InChI is InChI=1S/C24H25N5O6S/c1-2-35-24(30)18-13-15-27(16-14-18)22-21(29(31)32)23(26-17-25-22)28(19-9-5-3-6-10-19)36(33,34)20-11-7-4-8-12-20/h3-12,17-18H,2,13-16H2,1H3. The largest absolute Gasteiger partial charge is 0.466 e. The lowest BCUT2D eigenvalue weighted by atomic mass is 9.97. The second-order valence-corrected chi connectivity index (χ2v) is 9.84. The summed E-state index contributed by atoms with van der Waals surface area (Å²) in [5.74, 6) is -0.968. The van der Waals surface area contributed by atoms with E-state index in [9.17, 15) is 23.3 Å². The van der Waals surface area contributed by atoms with Crippen molar-refractivity contribution >= 4 is 39.0 Å². The van der Waals surface area contributed by atoms with E-state index in [-0.39, 0.29) is 40.7 Å². The summed E-state index contributed by atoms with van der Waals surface area (Å²) in [5, 5.41) is 12.3. The first-order valence-electron chi connectivity index (χ1n) is 11.4. The van der Waals surface area contributed by atoms with E-state index in [4.69, 9.17) is 4.74 Å². The molecule has 1 fully saturated rings. The zero-order valence-corrected chi connectivity index (χ0v) is 20.4. The molecule has 1 saturated heterocycles. The SMILES string of the molecule is CCOC(=O)C1CCN(c2ncnc(N(c3ccccc3)S(=O)(=O)c3ccccc3)c2[N+](=O)[O-])CC1. The van der Waals surface area contributed by atoms with E-state index in [1.54, 1.807) is 48.2 Å². The van der Waals surface area contributed by atoms with Gasteiger partial charge in [-0.1, -0.05) is 36.4 Å². The molecule has 1 aliphatic heterocycles. The number of anilines is 3. The van der Waals surface area contributed by atoms with E-state index in [0.717, 1.165) is 10.6 Å². The highest BCUT2D eigenvalue weighted by molar-refractivity contribution is 7.93. The van der Waals surface area contributed by atoms with Gasteiger partial charge in [-0.05, 0) is 44.0 Å². The van der Waals surface area contributed by atoms with Crippen LogP contribution in [0, 0.1) is 16.0 Å². The van der Waals surface area contributed by atoms with Crippen LogP contribution in [0.1, 0.15) is 19.8 Å². The van der Waals surface area contributed by atoms with Gasteiger partial charge >= 0.3 is 11.7 Å². The van der Waals surface area contributed by atoms with Gasteiger partial charge in [-0.2, -0.15) is 0 Å². The number of hydrogen-bond acceptors (Lipinski definition) is 9. The van der Waals surface area contributed by atoms with E-state index in [1.807, 2.05) is 0 Å². The van der Waals surface area contributed by atoms with Gasteiger partial charge in [0, 0.05) is 13.1 Å². The van der Waals surface area contributed by atoms with Crippen molar-refractivity contribution in [1.29, 1.82) is 0 Å². The fourth-order valence-electron chi connectivity index (χ4n) is 4.13. The van der Waals surface area contributed by atoms with Crippen LogP contribution in [0.5, 0.6) is 0 Å². The van der Waals surface area contributed by atoms with Crippen molar-refractivity contribution in [3.8, 4) is 0 Å². The first-order chi connectivity index (χ1) is 17.3. The smallest absolute Gasteiger partial charge is 0.355 e. The number of benzene rings is 2. The van der Waals surface area contributed by atoms with Crippen LogP contribution in [0.3, 0.4) is 0 Å². The molecule has 1 aliphatic rings. The summed E-state index contributed by atoms with van der Waals surface area (Å²) in [7, 11) is -4.28. The van der Waals surface area contributed by atoms with Crippen molar-refractivity contribution in [2.24, 2.45) is 5.92 Å². The summed E-state index contributed by atoms with van der Waals surface area (Å²) >= 11 is 0. The summed E-state index contributed by atoms with van der Waals surface area (Å²) in [6.45, 7) is 2.65. The monoisotopic (exact) mass is 511 g/mol. The number of esters is 1. The molecule has 0 radical (unpaired) electrons. The molecule has 12 heteroatoms. The van der Waals surface area contributed by atoms with Crippen LogP contribution in [-0.4, -0.2) is 49.0 Å². The van der Waals surface area contributed by atoms with Gasteiger partial charge in [0.1, 0.15) is 6.33 Å². The van der Waals surface area contributed by atoms with Gasteiger partial charge in [-0.3, -0.25) is 14.9 Å². The molecule has 0 amide bonds. The number of ether oxygens (including phenoxy) is 1. The fraction of sp³-hybridized carbons (Fsp3) is 0.292. The van der Waals surface area contributed by atoms with E-state index in [1.165, 1.54) is 24.3 Å². The van der Waals surface area contributed by atoms with Gasteiger partial charge in [0.05, 0.1) is 28.0 Å². The van der Waals surface area contributed by atoms with Crippen LogP contribution in [0.4, 0.5) is 23.0 Å². The number of piperidine rings is 1. The Morgan fingerprint density at radius 3 is 2.28 bits per heavy atom. The number of carbonyl (C=O) groups excluding carboxylic acids is 1. The van der Waals surface area contributed by atoms with E-state index < -0.39 is 20.6 Å². The minimum Gasteiger partial charge on any atom is -0.466 e. The highest BCUT2D eigenvalue weighted by Crippen LogP contribution is 2.41. The highest BCUT2D eigenvalue weighted by Gasteiger charge is 2.38. The number of nitro groups is 1. The first-order valence-corrected chi connectivity index (χ1v) is 12.8. The Balaban J connectivity index is 1.80. The molecule has 0 unspecified atom stereocenters. The lowest BCUT2D eigenvalue weighted by molar-refractivity contribution is -0.383. The number of aromatic nitrogens is 2. The van der Waals surface area contributed by atoms with Crippen molar-refractivity contribution < 1.29 is 22.9 Å². The summed E-state index contributed by atoms with van der Waals surface area (Å²) in [5.41, 5.74) is -0.342. The normalized spacial score (nSPS) is 14.3. The summed E-state index contributed by atoms with van der Waals surface area (Å²) in [6, 6.07) is 15.7. The molecule has 36 heavy (non-hydrogen) atoms. The number of rotatable bonds is 8. The van der Waals surface area contributed by atoms with Crippen LogP contribution in [0.2, 0.25) is 0 Å². The maximum Gasteiger partial charge on any atom is 0.355 e. The molecule has 0 spiro atoms. The minimum absolute atomic E-state index is 0.00324. The maximum atomic E-state index is 13.8. The Bertz CT molecular complexity index is 1330. The van der Waals surface area contributed by atoms with E-state index >= 15 is 0 Å². The molecule has 0 bridgehead atoms. The Kier molecular flexibility index (Phi) is 7.44. The van der Waals surface area contributed by atoms with Crippen LogP contribution in [0.25, 0.3) is 0 Å². The predicted molar refractivity (Wildman–Crippen MR) is 132 cm³/mol. The van der Waals surface area contributed by atoms with Crippen molar-refractivity contribution in [2.75, 3.05) is 28.9 Å². The third-order valence-electron chi connectivity index (χ3n) is 5.85. The Hall–Kier alpha value is -4.06. The highest BCUT2D eigenvalue weighted by atomic mass is 32.2. The third kappa shape index (κ3) is 4.98. The molecule has 11 nitrogen and oxygen atoms in total. The summed E-state index contributed by atoms with van der Waals surface area (Å²) in [4.78, 5) is 33.7. The third-order valence-corrected chi connectivity index (χ3v) is 7.58. The van der Waals surface area contributed by atoms with Crippen LogP contribution < -0.4 is 9.21 Å².